The van der Waals surface area contributed by atoms with Crippen molar-refractivity contribution in [2.24, 2.45) is 0 Å². The van der Waals surface area contributed by atoms with Gasteiger partial charge in [0, 0.05) is 61.8 Å². The van der Waals surface area contributed by atoms with Crippen LogP contribution in [0.3, 0.4) is 0 Å². The number of hydrogen-bond donors (Lipinski definition) is 2. The first-order valence-electron chi connectivity index (χ1n) is 13.7. The van der Waals surface area contributed by atoms with Crippen LogP contribution in [0.25, 0.3) is 22.0 Å². The molecular formula is C30H30N6O5. The van der Waals surface area contributed by atoms with Gasteiger partial charge in [-0.25, -0.2) is 9.48 Å². The monoisotopic (exact) mass is 554 g/mol. The number of aromatic nitrogens is 3. The van der Waals surface area contributed by atoms with E-state index in [-0.39, 0.29) is 18.0 Å². The maximum absolute atomic E-state index is 13.4. The number of carboxylic acid groups (broad SMARTS) is 1. The maximum Gasteiger partial charge on any atom is 0.407 e. The van der Waals surface area contributed by atoms with E-state index in [2.05, 4.69) is 10.3 Å². The molecule has 11 heteroatoms. The number of hydrogen-bond acceptors (Lipinski definition) is 6. The van der Waals surface area contributed by atoms with Gasteiger partial charge in [-0.1, -0.05) is 18.2 Å². The lowest BCUT2D eigenvalue weighted by Crippen LogP contribution is -2.50. The molecule has 1 atom stereocenters. The van der Waals surface area contributed by atoms with Crippen LogP contribution in [0.1, 0.15) is 46.3 Å². The van der Waals surface area contributed by atoms with Crippen LogP contribution < -0.4 is 5.32 Å². The van der Waals surface area contributed by atoms with Crippen LogP contribution in [0, 0.1) is 0 Å². The molecule has 6 rings (SSSR count). The molecule has 0 radical (unpaired) electrons. The summed E-state index contributed by atoms with van der Waals surface area (Å²) in [6.45, 7) is 1.99. The lowest BCUT2D eigenvalue weighted by Gasteiger charge is -2.33. The molecule has 0 spiro atoms. The quantitative estimate of drug-likeness (QED) is 0.372. The first-order valence-corrected chi connectivity index (χ1v) is 13.7. The van der Waals surface area contributed by atoms with Gasteiger partial charge in [-0.3, -0.25) is 14.6 Å². The van der Waals surface area contributed by atoms with Gasteiger partial charge < -0.3 is 25.0 Å². The van der Waals surface area contributed by atoms with Crippen molar-refractivity contribution in [3.63, 3.8) is 0 Å². The molecule has 0 aliphatic carbocycles. The summed E-state index contributed by atoms with van der Waals surface area (Å²) in [5, 5.41) is 17.5. The van der Waals surface area contributed by atoms with Gasteiger partial charge in [-0.2, -0.15) is 5.10 Å². The number of nitrogens with zero attached hydrogens (tertiary/aromatic N) is 5. The van der Waals surface area contributed by atoms with Crippen LogP contribution in [0.5, 0.6) is 0 Å². The van der Waals surface area contributed by atoms with E-state index in [0.29, 0.717) is 55.1 Å². The Kier molecular flexibility index (Phi) is 7.34. The van der Waals surface area contributed by atoms with Crippen molar-refractivity contribution in [3.8, 4) is 11.1 Å². The molecule has 2 aliphatic heterocycles. The van der Waals surface area contributed by atoms with E-state index in [1.807, 2.05) is 35.0 Å². The molecule has 2 fully saturated rings. The molecule has 2 aromatic carbocycles. The number of piperazine rings is 1. The number of carbonyl (C=O) groups excluding carboxylic acids is 2. The van der Waals surface area contributed by atoms with E-state index in [9.17, 15) is 14.4 Å². The second kappa shape index (κ2) is 11.4. The summed E-state index contributed by atoms with van der Waals surface area (Å²) in [7, 11) is 0. The number of nitrogens with one attached hydrogen (secondary N) is 1. The fourth-order valence-corrected chi connectivity index (χ4v) is 5.34. The van der Waals surface area contributed by atoms with E-state index in [4.69, 9.17) is 14.9 Å². The largest absolute Gasteiger partial charge is 0.465 e. The van der Waals surface area contributed by atoms with Gasteiger partial charge in [0.15, 0.2) is 11.9 Å². The van der Waals surface area contributed by atoms with Crippen LogP contribution in [0.4, 0.5) is 10.5 Å². The molecule has 2 aliphatic rings. The molecule has 2 N–H and O–H groups in total. The van der Waals surface area contributed by atoms with E-state index in [1.165, 1.54) is 4.90 Å². The molecule has 2 saturated heterocycles. The van der Waals surface area contributed by atoms with Crippen molar-refractivity contribution in [2.45, 2.75) is 25.5 Å². The van der Waals surface area contributed by atoms with Crippen molar-refractivity contribution in [3.05, 3.63) is 78.2 Å². The van der Waals surface area contributed by atoms with Crippen LogP contribution in [0.2, 0.25) is 0 Å². The second-order valence-corrected chi connectivity index (χ2v) is 10.2. The fourth-order valence-electron chi connectivity index (χ4n) is 5.34. The van der Waals surface area contributed by atoms with E-state index < -0.39 is 6.09 Å². The summed E-state index contributed by atoms with van der Waals surface area (Å²) in [6.07, 6.45) is 4.89. The van der Waals surface area contributed by atoms with Gasteiger partial charge in [-0.05, 0) is 66.8 Å². The fraction of sp³-hybridized carbons (Fsp3) is 0.300. The smallest absolute Gasteiger partial charge is 0.407 e. The van der Waals surface area contributed by atoms with Gasteiger partial charge >= 0.3 is 6.09 Å². The third kappa shape index (κ3) is 5.48. The average Bonchev–Trinajstić information content (AvgIpc) is 3.41. The molecule has 3 amide bonds. The highest BCUT2D eigenvalue weighted by molar-refractivity contribution is 6.11. The van der Waals surface area contributed by atoms with Gasteiger partial charge in [0.05, 0.1) is 5.52 Å². The Hall–Kier alpha value is -4.77. The minimum absolute atomic E-state index is 0.124. The number of anilines is 1. The summed E-state index contributed by atoms with van der Waals surface area (Å²) >= 11 is 0. The average molecular weight is 555 g/mol. The van der Waals surface area contributed by atoms with Crippen molar-refractivity contribution in [1.82, 2.24) is 24.6 Å². The Labute approximate surface area is 236 Å². The summed E-state index contributed by atoms with van der Waals surface area (Å²) in [6, 6.07) is 16.7. The number of ether oxygens (including phenoxy) is 1. The van der Waals surface area contributed by atoms with E-state index >= 15 is 0 Å². The van der Waals surface area contributed by atoms with Crippen molar-refractivity contribution >= 4 is 34.5 Å². The molecule has 0 bridgehead atoms. The zero-order valence-electron chi connectivity index (χ0n) is 22.4. The summed E-state index contributed by atoms with van der Waals surface area (Å²) in [5.41, 5.74) is 4.06. The predicted octanol–water partition coefficient (Wildman–Crippen LogP) is 4.49. The highest BCUT2D eigenvalue weighted by Crippen LogP contribution is 2.32. The van der Waals surface area contributed by atoms with Gasteiger partial charge in [0.2, 0.25) is 0 Å². The van der Waals surface area contributed by atoms with Crippen molar-refractivity contribution in [1.29, 1.82) is 0 Å². The zero-order valence-corrected chi connectivity index (χ0v) is 22.4. The molecule has 4 aromatic rings. The first kappa shape index (κ1) is 26.5. The third-order valence-electron chi connectivity index (χ3n) is 7.59. The molecule has 2 aromatic heterocycles. The number of rotatable bonds is 5. The standard InChI is InChI=1S/C30H30N6O5/c37-28(32-23-10-12-31-13-11-23)27-24-19-22(8-9-25(24)36(33-27)26-3-1-2-18-41-26)20-4-6-21(7-5-20)29(38)34-14-16-35(17-15-34)30(39)40/h4-13,19,26H,1-3,14-18H2,(H,39,40)(H,31,32,37). The summed E-state index contributed by atoms with van der Waals surface area (Å²) in [4.78, 5) is 44.5. The predicted molar refractivity (Wildman–Crippen MR) is 152 cm³/mol. The molecule has 210 valence electrons. The lowest BCUT2D eigenvalue weighted by atomic mass is 10.0. The second-order valence-electron chi connectivity index (χ2n) is 10.2. The zero-order chi connectivity index (χ0) is 28.3. The molecule has 1 unspecified atom stereocenters. The first-order chi connectivity index (χ1) is 20.0. The van der Waals surface area contributed by atoms with Crippen molar-refractivity contribution < 1.29 is 24.2 Å². The van der Waals surface area contributed by atoms with Crippen LogP contribution in [-0.4, -0.2) is 80.4 Å². The highest BCUT2D eigenvalue weighted by Gasteiger charge is 2.26. The number of benzene rings is 2. The minimum Gasteiger partial charge on any atom is -0.465 e. The molecule has 41 heavy (non-hydrogen) atoms. The number of amides is 3. The number of fused-ring (bicyclic) bond motifs is 1. The Balaban J connectivity index is 1.28. The van der Waals surface area contributed by atoms with Crippen LogP contribution in [0.15, 0.2) is 67.0 Å². The number of carbonyl (C=O) groups is 3. The van der Waals surface area contributed by atoms with E-state index in [1.54, 1.807) is 41.6 Å². The normalized spacial score (nSPS) is 17.4. The van der Waals surface area contributed by atoms with Crippen molar-refractivity contribution in [2.75, 3.05) is 38.1 Å². The molecule has 0 saturated carbocycles. The Morgan fingerprint density at radius 2 is 1.59 bits per heavy atom. The van der Waals surface area contributed by atoms with E-state index in [0.717, 1.165) is 35.9 Å². The van der Waals surface area contributed by atoms with Crippen LogP contribution in [-0.2, 0) is 4.74 Å². The Bertz CT molecular complexity index is 1570. The maximum atomic E-state index is 13.4. The van der Waals surface area contributed by atoms with Gasteiger partial charge in [0.25, 0.3) is 11.8 Å². The molecule has 11 nitrogen and oxygen atoms in total. The van der Waals surface area contributed by atoms with Gasteiger partial charge in [0.1, 0.15) is 0 Å². The Morgan fingerprint density at radius 1 is 0.878 bits per heavy atom. The SMILES string of the molecule is O=C(Nc1ccncc1)c1nn(C2CCCCO2)c2ccc(-c3ccc(C(=O)N4CCN(C(=O)O)CC4)cc3)cc12. The lowest BCUT2D eigenvalue weighted by molar-refractivity contribution is -0.0367. The highest BCUT2D eigenvalue weighted by atomic mass is 16.5. The Morgan fingerprint density at radius 3 is 2.27 bits per heavy atom. The molecular weight excluding hydrogens is 524 g/mol. The number of pyridine rings is 1. The third-order valence-corrected chi connectivity index (χ3v) is 7.59. The topological polar surface area (TPSA) is 130 Å². The minimum atomic E-state index is -0.965. The van der Waals surface area contributed by atoms with Gasteiger partial charge in [-0.15, -0.1) is 0 Å². The molecule has 4 heterocycles. The summed E-state index contributed by atoms with van der Waals surface area (Å²) < 4.78 is 7.81. The summed E-state index contributed by atoms with van der Waals surface area (Å²) in [5.74, 6) is -0.447. The van der Waals surface area contributed by atoms with Crippen LogP contribution >= 0.6 is 0 Å².